The number of aliphatic hydroxyl groups excluding tert-OH is 1. The van der Waals surface area contributed by atoms with Gasteiger partial charge in [-0.25, -0.2) is 0 Å². The average molecular weight is 412 g/mol. The third kappa shape index (κ3) is 5.34. The maximum Gasteiger partial charge on any atom is 0.253 e. The Labute approximate surface area is 175 Å². The number of hydrogen-bond acceptors (Lipinski definition) is 4. The van der Waals surface area contributed by atoms with Gasteiger partial charge >= 0.3 is 0 Å². The zero-order chi connectivity index (χ0) is 20.8. The number of methoxy groups -OCH3 is 1. The highest BCUT2D eigenvalue weighted by atomic mass is 32.1. The molecule has 0 aliphatic rings. The average Bonchev–Trinajstić information content (AvgIpc) is 2.72. The first-order valence-electron chi connectivity index (χ1n) is 9.43. The van der Waals surface area contributed by atoms with Crippen LogP contribution in [0.15, 0.2) is 53.3 Å². The molecule has 0 aliphatic carbocycles. The molecule has 6 nitrogen and oxygen atoms in total. The number of aryl methyl sites for hydroxylation is 1. The van der Waals surface area contributed by atoms with E-state index >= 15 is 0 Å². The zero-order valence-electron chi connectivity index (χ0n) is 16.6. The summed E-state index contributed by atoms with van der Waals surface area (Å²) in [4.78, 5) is 17.4. The predicted octanol–water partition coefficient (Wildman–Crippen LogP) is 3.43. The topological polar surface area (TPSA) is 77.6 Å². The highest BCUT2D eigenvalue weighted by Crippen LogP contribution is 2.19. The molecule has 0 aliphatic heterocycles. The third-order valence-corrected chi connectivity index (χ3v) is 5.03. The van der Waals surface area contributed by atoms with E-state index in [1.165, 1.54) is 0 Å². The Balaban J connectivity index is 1.83. The summed E-state index contributed by atoms with van der Waals surface area (Å²) in [6.45, 7) is 2.96. The molecule has 7 heteroatoms. The Morgan fingerprint density at radius 3 is 2.66 bits per heavy atom. The minimum absolute atomic E-state index is 0.0531. The smallest absolute Gasteiger partial charge is 0.253 e. The first-order chi connectivity index (χ1) is 14.0. The van der Waals surface area contributed by atoms with Crippen molar-refractivity contribution in [3.8, 4) is 5.75 Å². The summed E-state index contributed by atoms with van der Waals surface area (Å²) in [5, 5.41) is 13.9. The number of thiocarbonyl (C=S) groups is 1. The molecule has 3 aromatic rings. The van der Waals surface area contributed by atoms with Crippen molar-refractivity contribution in [3.63, 3.8) is 0 Å². The van der Waals surface area contributed by atoms with Gasteiger partial charge in [0.15, 0.2) is 5.11 Å². The summed E-state index contributed by atoms with van der Waals surface area (Å²) in [5.41, 5.74) is 3.21. The van der Waals surface area contributed by atoms with E-state index in [9.17, 15) is 9.90 Å². The van der Waals surface area contributed by atoms with E-state index in [-0.39, 0.29) is 12.2 Å². The van der Waals surface area contributed by atoms with Crippen molar-refractivity contribution < 1.29 is 9.84 Å². The first kappa shape index (κ1) is 20.8. The fourth-order valence-corrected chi connectivity index (χ4v) is 3.30. The number of aliphatic hydroxyl groups is 1. The number of aromatic nitrogens is 1. The van der Waals surface area contributed by atoms with Crippen molar-refractivity contribution in [1.82, 2.24) is 9.88 Å². The lowest BCUT2D eigenvalue weighted by Crippen LogP contribution is -2.37. The van der Waals surface area contributed by atoms with Crippen LogP contribution in [0.4, 0.5) is 5.69 Å². The van der Waals surface area contributed by atoms with Crippen LogP contribution in [-0.2, 0) is 6.54 Å². The third-order valence-electron chi connectivity index (χ3n) is 4.67. The quantitative estimate of drug-likeness (QED) is 0.517. The highest BCUT2D eigenvalue weighted by molar-refractivity contribution is 7.80. The molecule has 2 aromatic carbocycles. The molecule has 1 aromatic heterocycles. The molecule has 0 atom stereocenters. The van der Waals surface area contributed by atoms with Crippen molar-refractivity contribution in [2.45, 2.75) is 19.9 Å². The largest absolute Gasteiger partial charge is 0.497 e. The molecule has 0 spiro atoms. The maximum absolute atomic E-state index is 12.6. The summed E-state index contributed by atoms with van der Waals surface area (Å²) >= 11 is 5.58. The zero-order valence-corrected chi connectivity index (χ0v) is 17.4. The number of benzene rings is 2. The molecule has 0 amide bonds. The van der Waals surface area contributed by atoms with Crippen LogP contribution in [0.3, 0.4) is 0 Å². The van der Waals surface area contributed by atoms with Crippen LogP contribution < -0.4 is 15.6 Å². The van der Waals surface area contributed by atoms with Gasteiger partial charge in [0.1, 0.15) is 5.75 Å². The molecule has 0 fully saturated rings. The molecule has 0 unspecified atom stereocenters. The van der Waals surface area contributed by atoms with Gasteiger partial charge in [0.05, 0.1) is 19.2 Å². The number of nitrogens with zero attached hydrogens (tertiary/aromatic N) is 1. The first-order valence-corrected chi connectivity index (χ1v) is 9.84. The van der Waals surface area contributed by atoms with Gasteiger partial charge in [0.2, 0.25) is 0 Å². The summed E-state index contributed by atoms with van der Waals surface area (Å²) < 4.78 is 5.22. The number of aromatic amines is 1. The van der Waals surface area contributed by atoms with E-state index in [2.05, 4.69) is 10.3 Å². The summed E-state index contributed by atoms with van der Waals surface area (Å²) in [6, 6.07) is 15.4. The molecule has 0 radical (unpaired) electrons. The molecular weight excluding hydrogens is 386 g/mol. The molecule has 152 valence electrons. The van der Waals surface area contributed by atoms with E-state index in [4.69, 9.17) is 17.0 Å². The van der Waals surface area contributed by atoms with Crippen molar-refractivity contribution in [2.24, 2.45) is 0 Å². The molecule has 0 saturated carbocycles. The summed E-state index contributed by atoms with van der Waals surface area (Å²) in [7, 11) is 1.59. The number of nitrogens with one attached hydrogen (secondary N) is 2. The Morgan fingerprint density at radius 1 is 1.21 bits per heavy atom. The Morgan fingerprint density at radius 2 is 1.97 bits per heavy atom. The number of rotatable bonds is 7. The van der Waals surface area contributed by atoms with E-state index in [1.807, 2.05) is 54.3 Å². The van der Waals surface area contributed by atoms with Gasteiger partial charge in [-0.3, -0.25) is 4.79 Å². The number of ether oxygens (including phenoxy) is 1. The Hall–Kier alpha value is -2.90. The number of anilines is 1. The number of H-pyrrole nitrogens is 1. The van der Waals surface area contributed by atoms with E-state index < -0.39 is 0 Å². The monoisotopic (exact) mass is 411 g/mol. The summed E-state index contributed by atoms with van der Waals surface area (Å²) in [5.74, 6) is 0.689. The van der Waals surface area contributed by atoms with Gasteiger partial charge in [0, 0.05) is 30.5 Å². The molecule has 0 bridgehead atoms. The van der Waals surface area contributed by atoms with Crippen LogP contribution >= 0.6 is 12.2 Å². The lowest BCUT2D eigenvalue weighted by atomic mass is 10.1. The van der Waals surface area contributed by atoms with Gasteiger partial charge in [-0.05, 0) is 61.3 Å². The minimum atomic E-state index is -0.169. The lowest BCUT2D eigenvalue weighted by Gasteiger charge is -2.25. The van der Waals surface area contributed by atoms with Gasteiger partial charge in [-0.1, -0.05) is 17.7 Å². The van der Waals surface area contributed by atoms with E-state index in [1.54, 1.807) is 13.2 Å². The second-order valence-corrected chi connectivity index (χ2v) is 7.26. The SMILES string of the molecule is COc1ccc2cc(CN(CCCO)C(=S)Nc3ccc(C)cc3)c(=O)[nH]c2c1. The van der Waals surface area contributed by atoms with E-state index in [0.717, 1.165) is 22.2 Å². The minimum Gasteiger partial charge on any atom is -0.497 e. The fourth-order valence-electron chi connectivity index (χ4n) is 3.03. The van der Waals surface area contributed by atoms with Crippen LogP contribution in [0, 0.1) is 6.92 Å². The molecule has 3 rings (SSSR count). The lowest BCUT2D eigenvalue weighted by molar-refractivity contribution is 0.266. The van der Waals surface area contributed by atoms with Crippen molar-refractivity contribution >= 4 is 33.9 Å². The van der Waals surface area contributed by atoms with E-state index in [0.29, 0.717) is 35.9 Å². The van der Waals surface area contributed by atoms with Crippen LogP contribution in [0.25, 0.3) is 10.9 Å². The van der Waals surface area contributed by atoms with Gasteiger partial charge < -0.3 is 25.0 Å². The number of hydrogen-bond donors (Lipinski definition) is 3. The second kappa shape index (κ2) is 9.54. The second-order valence-electron chi connectivity index (χ2n) is 6.87. The van der Waals surface area contributed by atoms with Crippen LogP contribution in [0.2, 0.25) is 0 Å². The Kier molecular flexibility index (Phi) is 6.85. The molecule has 0 saturated heterocycles. The normalized spacial score (nSPS) is 10.7. The standard InChI is InChI=1S/C22H25N3O3S/c1-15-4-7-18(8-5-15)23-22(29)25(10-3-11-26)14-17-12-16-6-9-19(28-2)13-20(16)24-21(17)27/h4-9,12-13,26H,3,10-11,14H2,1-2H3,(H,23,29)(H,24,27). The van der Waals surface area contributed by atoms with Crippen molar-refractivity contribution in [2.75, 3.05) is 25.6 Å². The van der Waals surface area contributed by atoms with Crippen LogP contribution in [-0.4, -0.2) is 40.4 Å². The highest BCUT2D eigenvalue weighted by Gasteiger charge is 2.14. The Bertz CT molecular complexity index is 1050. The maximum atomic E-state index is 12.6. The van der Waals surface area contributed by atoms with Crippen LogP contribution in [0.1, 0.15) is 17.5 Å². The molecule has 3 N–H and O–H groups in total. The molecule has 29 heavy (non-hydrogen) atoms. The van der Waals surface area contributed by atoms with Gasteiger partial charge in [0.25, 0.3) is 5.56 Å². The van der Waals surface area contributed by atoms with Crippen LogP contribution in [0.5, 0.6) is 5.75 Å². The molecule has 1 heterocycles. The fraction of sp³-hybridized carbons (Fsp3) is 0.273. The number of fused-ring (bicyclic) bond motifs is 1. The summed E-state index contributed by atoms with van der Waals surface area (Å²) in [6.07, 6.45) is 0.554. The number of pyridine rings is 1. The van der Waals surface area contributed by atoms with Crippen molar-refractivity contribution in [1.29, 1.82) is 0 Å². The van der Waals surface area contributed by atoms with Gasteiger partial charge in [-0.2, -0.15) is 0 Å². The van der Waals surface area contributed by atoms with Crippen molar-refractivity contribution in [3.05, 3.63) is 70.0 Å². The predicted molar refractivity (Wildman–Crippen MR) is 121 cm³/mol. The molecular formula is C22H25N3O3S. The van der Waals surface area contributed by atoms with Gasteiger partial charge in [-0.15, -0.1) is 0 Å².